The van der Waals surface area contributed by atoms with Crippen molar-refractivity contribution >= 4 is 41.1 Å². The maximum Gasteiger partial charge on any atom is 0.315 e. The summed E-state index contributed by atoms with van der Waals surface area (Å²) in [6.07, 6.45) is 2.81. The number of carbonyl (C=O) groups is 3. The molecule has 7 nitrogen and oxygen atoms in total. The van der Waals surface area contributed by atoms with E-state index in [-0.39, 0.29) is 42.9 Å². The van der Waals surface area contributed by atoms with Gasteiger partial charge in [-0.25, -0.2) is 4.79 Å². The monoisotopic (exact) mass is 489 g/mol. The third-order valence-electron chi connectivity index (χ3n) is 6.24. The number of nitrogens with one attached hydrogen (secondary N) is 2. The number of esters is 1. The van der Waals surface area contributed by atoms with Crippen LogP contribution >= 0.6 is 23.4 Å². The van der Waals surface area contributed by atoms with Crippen molar-refractivity contribution in [3.8, 4) is 5.69 Å². The van der Waals surface area contributed by atoms with E-state index >= 15 is 0 Å². The Bertz CT molecular complexity index is 1050. The van der Waals surface area contributed by atoms with Gasteiger partial charge in [0.25, 0.3) is 0 Å². The van der Waals surface area contributed by atoms with Crippen LogP contribution in [0, 0.1) is 13.8 Å². The molecular formula is C24H28ClN3O4S. The maximum atomic E-state index is 12.7. The predicted molar refractivity (Wildman–Crippen MR) is 129 cm³/mol. The number of hydrogen-bond acceptors (Lipinski definition) is 5. The Hall–Kier alpha value is -2.45. The number of ketones is 1. The summed E-state index contributed by atoms with van der Waals surface area (Å²) < 4.78 is 7.24. The van der Waals surface area contributed by atoms with Gasteiger partial charge in [-0.1, -0.05) is 18.0 Å². The summed E-state index contributed by atoms with van der Waals surface area (Å²) in [5.74, 6) is 0.355. The molecule has 2 N–H and O–H groups in total. The summed E-state index contributed by atoms with van der Waals surface area (Å²) >= 11 is 7.84. The van der Waals surface area contributed by atoms with E-state index in [2.05, 4.69) is 10.6 Å². The Balaban J connectivity index is 1.22. The van der Waals surface area contributed by atoms with Crippen LogP contribution in [0.3, 0.4) is 0 Å². The number of urea groups is 1. The van der Waals surface area contributed by atoms with Crippen molar-refractivity contribution < 1.29 is 19.1 Å². The fraction of sp³-hybridized carbons (Fsp3) is 0.458. The Morgan fingerprint density at radius 2 is 1.94 bits per heavy atom. The highest BCUT2D eigenvalue weighted by molar-refractivity contribution is 8.00. The van der Waals surface area contributed by atoms with Crippen molar-refractivity contribution in [2.45, 2.75) is 56.9 Å². The number of Topliss-reactive ketones (excluding diaryl/α,β-unsaturated/α-hetero) is 1. The molecule has 2 saturated heterocycles. The van der Waals surface area contributed by atoms with Gasteiger partial charge in [-0.2, -0.15) is 11.8 Å². The predicted octanol–water partition coefficient (Wildman–Crippen LogP) is 4.20. The molecule has 0 spiro atoms. The Morgan fingerprint density at radius 1 is 1.18 bits per heavy atom. The summed E-state index contributed by atoms with van der Waals surface area (Å²) in [7, 11) is 0. The molecule has 33 heavy (non-hydrogen) atoms. The number of rotatable bonds is 9. The van der Waals surface area contributed by atoms with Gasteiger partial charge in [-0.05, 0) is 57.0 Å². The summed E-state index contributed by atoms with van der Waals surface area (Å²) in [5.41, 5.74) is 3.20. The highest BCUT2D eigenvalue weighted by Crippen LogP contribution is 2.33. The van der Waals surface area contributed by atoms with Crippen molar-refractivity contribution in [2.75, 3.05) is 12.4 Å². The van der Waals surface area contributed by atoms with Gasteiger partial charge in [0.05, 0.1) is 12.1 Å². The van der Waals surface area contributed by atoms with Gasteiger partial charge in [-0.15, -0.1) is 0 Å². The highest BCUT2D eigenvalue weighted by atomic mass is 35.5. The third-order valence-corrected chi connectivity index (χ3v) is 8.00. The first-order valence-electron chi connectivity index (χ1n) is 11.2. The number of benzene rings is 1. The quantitative estimate of drug-likeness (QED) is 0.238. The van der Waals surface area contributed by atoms with E-state index in [1.54, 1.807) is 0 Å². The fourth-order valence-electron chi connectivity index (χ4n) is 4.59. The van der Waals surface area contributed by atoms with Gasteiger partial charge in [0.15, 0.2) is 6.61 Å². The van der Waals surface area contributed by atoms with E-state index in [0.717, 1.165) is 35.7 Å². The SMILES string of the molecule is Cc1cc(C(=O)COC(=O)CCCC[C@@H]2SC[C@H]3NC(=O)N[C@H]23)c(C)n1-c1ccc(Cl)cc1. The van der Waals surface area contributed by atoms with E-state index in [0.29, 0.717) is 22.3 Å². The zero-order valence-corrected chi connectivity index (χ0v) is 20.3. The number of thioether (sulfide) groups is 1. The molecule has 0 saturated carbocycles. The molecule has 176 valence electrons. The van der Waals surface area contributed by atoms with E-state index < -0.39 is 0 Å². The van der Waals surface area contributed by atoms with Crippen molar-refractivity contribution in [1.29, 1.82) is 0 Å². The number of aromatic nitrogens is 1. The molecule has 1 aromatic carbocycles. The molecule has 2 amide bonds. The molecular weight excluding hydrogens is 462 g/mol. The molecule has 4 rings (SSSR count). The molecule has 0 aliphatic carbocycles. The number of unbranched alkanes of at least 4 members (excludes halogenated alkanes) is 1. The number of hydrogen-bond donors (Lipinski definition) is 2. The first kappa shape index (κ1) is 23.7. The molecule has 0 bridgehead atoms. The Morgan fingerprint density at radius 3 is 2.70 bits per heavy atom. The lowest BCUT2D eigenvalue weighted by atomic mass is 10.0. The fourth-order valence-corrected chi connectivity index (χ4v) is 6.26. The molecule has 9 heteroatoms. The molecule has 2 aliphatic rings. The molecule has 2 fully saturated rings. The van der Waals surface area contributed by atoms with Crippen LogP contribution in [0.5, 0.6) is 0 Å². The summed E-state index contributed by atoms with van der Waals surface area (Å²) in [6, 6.07) is 9.55. The minimum Gasteiger partial charge on any atom is -0.457 e. The van der Waals surface area contributed by atoms with Gasteiger partial charge in [0.2, 0.25) is 5.78 Å². The van der Waals surface area contributed by atoms with Gasteiger partial charge >= 0.3 is 12.0 Å². The minimum absolute atomic E-state index is 0.0857. The summed E-state index contributed by atoms with van der Waals surface area (Å²) in [6.45, 7) is 3.55. The lowest BCUT2D eigenvalue weighted by Gasteiger charge is -2.16. The number of carbonyl (C=O) groups excluding carboxylic acids is 3. The van der Waals surface area contributed by atoms with Crippen LogP contribution in [0.15, 0.2) is 30.3 Å². The van der Waals surface area contributed by atoms with Crippen LogP contribution in [0.4, 0.5) is 4.79 Å². The van der Waals surface area contributed by atoms with E-state index in [4.69, 9.17) is 16.3 Å². The number of fused-ring (bicyclic) bond motifs is 1. The summed E-state index contributed by atoms with van der Waals surface area (Å²) in [5, 5.41) is 6.94. The molecule has 2 aliphatic heterocycles. The third kappa shape index (κ3) is 5.38. The topological polar surface area (TPSA) is 89.4 Å². The standard InChI is InChI=1S/C24H28ClN3O4S/c1-14-11-18(15(2)28(14)17-9-7-16(25)8-10-17)20(29)12-32-22(30)6-4-3-5-21-23-19(13-33-21)26-24(31)27-23/h7-11,19,21,23H,3-6,12-13H2,1-2H3,(H2,26,27,31)/t19-,21+,23+/m1/s1. The number of amides is 2. The second kappa shape index (κ2) is 10.2. The van der Waals surface area contributed by atoms with Gasteiger partial charge in [-0.3, -0.25) is 9.59 Å². The maximum absolute atomic E-state index is 12.7. The first-order chi connectivity index (χ1) is 15.8. The number of ether oxygens (including phenoxy) is 1. The van der Waals surface area contributed by atoms with E-state index in [1.165, 1.54) is 0 Å². The molecule has 0 radical (unpaired) electrons. The van der Waals surface area contributed by atoms with Crippen molar-refractivity contribution in [1.82, 2.24) is 15.2 Å². The van der Waals surface area contributed by atoms with Crippen molar-refractivity contribution in [3.05, 3.63) is 52.3 Å². The lowest BCUT2D eigenvalue weighted by molar-refractivity contribution is -0.142. The van der Waals surface area contributed by atoms with Crippen LogP contribution in [0.1, 0.15) is 47.4 Å². The zero-order chi connectivity index (χ0) is 23.5. The van der Waals surface area contributed by atoms with Crippen LogP contribution in [-0.2, 0) is 9.53 Å². The summed E-state index contributed by atoms with van der Waals surface area (Å²) in [4.78, 5) is 36.3. The van der Waals surface area contributed by atoms with E-state index in [1.807, 2.05) is 60.5 Å². The number of nitrogens with zero attached hydrogens (tertiary/aromatic N) is 1. The van der Waals surface area contributed by atoms with Crippen LogP contribution in [-0.4, -0.2) is 52.0 Å². The lowest BCUT2D eigenvalue weighted by Crippen LogP contribution is -2.36. The highest BCUT2D eigenvalue weighted by Gasteiger charge is 2.42. The molecule has 1 aromatic heterocycles. The Labute approximate surface area is 202 Å². The zero-order valence-electron chi connectivity index (χ0n) is 18.7. The normalized spacial score (nSPS) is 21.4. The molecule has 3 heterocycles. The molecule has 3 atom stereocenters. The molecule has 0 unspecified atom stereocenters. The van der Waals surface area contributed by atoms with Gasteiger partial charge < -0.3 is 19.9 Å². The van der Waals surface area contributed by atoms with Crippen molar-refractivity contribution in [2.24, 2.45) is 0 Å². The number of halogens is 1. The average molecular weight is 490 g/mol. The van der Waals surface area contributed by atoms with Gasteiger partial charge in [0, 0.05) is 45.1 Å². The van der Waals surface area contributed by atoms with Crippen LogP contribution in [0.2, 0.25) is 5.02 Å². The largest absolute Gasteiger partial charge is 0.457 e. The minimum atomic E-state index is -0.359. The first-order valence-corrected chi connectivity index (χ1v) is 12.6. The number of aryl methyl sites for hydroxylation is 1. The van der Waals surface area contributed by atoms with Crippen LogP contribution < -0.4 is 10.6 Å². The van der Waals surface area contributed by atoms with Crippen molar-refractivity contribution in [3.63, 3.8) is 0 Å². The Kier molecular flexibility index (Phi) is 7.34. The second-order valence-electron chi connectivity index (χ2n) is 8.55. The average Bonchev–Trinajstić information content (AvgIpc) is 3.42. The van der Waals surface area contributed by atoms with Gasteiger partial charge in [0.1, 0.15) is 0 Å². The second-order valence-corrected chi connectivity index (χ2v) is 10.3. The van der Waals surface area contributed by atoms with Crippen LogP contribution in [0.25, 0.3) is 5.69 Å². The van der Waals surface area contributed by atoms with E-state index in [9.17, 15) is 14.4 Å². The molecule has 2 aromatic rings. The smallest absolute Gasteiger partial charge is 0.315 e.